The van der Waals surface area contributed by atoms with Crippen molar-refractivity contribution in [2.75, 3.05) is 11.5 Å². The number of aliphatic carboxylic acids is 1. The van der Waals surface area contributed by atoms with Crippen LogP contribution in [-0.2, 0) is 9.59 Å². The molecule has 0 spiro atoms. The molecule has 0 unspecified atom stereocenters. The Balaban J connectivity index is 1.82. The highest BCUT2D eigenvalue weighted by molar-refractivity contribution is 9.10. The predicted octanol–water partition coefficient (Wildman–Crippen LogP) is 4.15. The van der Waals surface area contributed by atoms with Gasteiger partial charge in [-0.25, -0.2) is 9.69 Å². The van der Waals surface area contributed by atoms with Crippen molar-refractivity contribution in [2.24, 2.45) is 0 Å². The smallest absolute Gasteiger partial charge is 0.341 e. The molecular formula is C18H12BrNO5S. The van der Waals surface area contributed by atoms with Gasteiger partial charge in [0, 0.05) is 0 Å². The molecule has 1 aliphatic heterocycles. The summed E-state index contributed by atoms with van der Waals surface area (Å²) >= 11 is 4.18. The van der Waals surface area contributed by atoms with Gasteiger partial charge in [0.05, 0.1) is 15.1 Å². The second-order valence-corrected chi connectivity index (χ2v) is 7.07. The molecule has 2 amide bonds. The van der Waals surface area contributed by atoms with Gasteiger partial charge in [-0.2, -0.15) is 0 Å². The number of carboxylic acids is 1. The maximum Gasteiger partial charge on any atom is 0.341 e. The highest BCUT2D eigenvalue weighted by atomic mass is 79.9. The zero-order chi connectivity index (χ0) is 18.7. The Morgan fingerprint density at radius 2 is 1.92 bits per heavy atom. The minimum absolute atomic E-state index is 0.310. The maximum absolute atomic E-state index is 12.6. The van der Waals surface area contributed by atoms with Crippen LogP contribution >= 0.6 is 27.7 Å². The van der Waals surface area contributed by atoms with Gasteiger partial charge < -0.3 is 9.84 Å². The number of halogens is 1. The van der Waals surface area contributed by atoms with E-state index >= 15 is 0 Å². The zero-order valence-corrected chi connectivity index (χ0v) is 15.6. The van der Waals surface area contributed by atoms with Gasteiger partial charge in [-0.05, 0) is 63.6 Å². The fraction of sp³-hybridized carbons (Fsp3) is 0.0556. The zero-order valence-electron chi connectivity index (χ0n) is 13.2. The van der Waals surface area contributed by atoms with E-state index in [1.165, 1.54) is 0 Å². The number of nitrogens with zero attached hydrogens (tertiary/aromatic N) is 1. The Hall–Kier alpha value is -2.58. The first-order valence-electron chi connectivity index (χ1n) is 7.43. The number of carbonyl (C=O) groups excluding carboxylic acids is 2. The number of hydrogen-bond acceptors (Lipinski definition) is 5. The third-order valence-electron chi connectivity index (χ3n) is 3.41. The Bertz CT molecular complexity index is 913. The van der Waals surface area contributed by atoms with Crippen molar-refractivity contribution >= 4 is 56.6 Å². The SMILES string of the molecule is O=C(O)COc1ccc(/C=C2\SC(=O)N(c3ccccc3)C2=O)cc1Br. The van der Waals surface area contributed by atoms with E-state index in [0.29, 0.717) is 26.4 Å². The van der Waals surface area contributed by atoms with Gasteiger partial charge in [-0.3, -0.25) is 9.59 Å². The van der Waals surface area contributed by atoms with E-state index in [0.717, 1.165) is 16.7 Å². The number of ether oxygens (including phenoxy) is 1. The van der Waals surface area contributed by atoms with E-state index < -0.39 is 12.6 Å². The number of para-hydroxylation sites is 1. The summed E-state index contributed by atoms with van der Waals surface area (Å²) in [6.45, 7) is -0.450. The fourth-order valence-corrected chi connectivity index (χ4v) is 3.63. The van der Waals surface area contributed by atoms with E-state index in [-0.39, 0.29) is 11.1 Å². The molecule has 2 aromatic carbocycles. The highest BCUT2D eigenvalue weighted by Crippen LogP contribution is 2.36. The molecule has 0 aromatic heterocycles. The molecule has 0 radical (unpaired) electrons. The lowest BCUT2D eigenvalue weighted by Gasteiger charge is -2.11. The van der Waals surface area contributed by atoms with E-state index in [1.54, 1.807) is 48.5 Å². The van der Waals surface area contributed by atoms with Crippen LogP contribution in [0.4, 0.5) is 10.5 Å². The van der Waals surface area contributed by atoms with Crippen molar-refractivity contribution in [3.05, 3.63) is 63.5 Å². The average Bonchev–Trinajstić information content (AvgIpc) is 2.88. The van der Waals surface area contributed by atoms with E-state index in [2.05, 4.69) is 15.9 Å². The molecule has 0 bridgehead atoms. The van der Waals surface area contributed by atoms with Crippen molar-refractivity contribution in [3.8, 4) is 5.75 Å². The first-order chi connectivity index (χ1) is 12.5. The van der Waals surface area contributed by atoms with Crippen molar-refractivity contribution < 1.29 is 24.2 Å². The number of amides is 2. The minimum Gasteiger partial charge on any atom is -0.481 e. The molecule has 2 aromatic rings. The molecule has 8 heteroatoms. The number of benzene rings is 2. The summed E-state index contributed by atoms with van der Waals surface area (Å²) in [7, 11) is 0. The molecule has 26 heavy (non-hydrogen) atoms. The largest absolute Gasteiger partial charge is 0.481 e. The molecule has 0 atom stereocenters. The molecule has 0 saturated carbocycles. The molecule has 0 aliphatic carbocycles. The van der Waals surface area contributed by atoms with Gasteiger partial charge in [0.1, 0.15) is 5.75 Å². The van der Waals surface area contributed by atoms with Crippen LogP contribution in [-0.4, -0.2) is 28.8 Å². The summed E-state index contributed by atoms with van der Waals surface area (Å²) in [6.07, 6.45) is 1.61. The number of carboxylic acid groups (broad SMARTS) is 1. The molecule has 1 heterocycles. The number of thioether (sulfide) groups is 1. The Morgan fingerprint density at radius 1 is 1.19 bits per heavy atom. The van der Waals surface area contributed by atoms with Crippen LogP contribution in [0.2, 0.25) is 0 Å². The first kappa shape index (κ1) is 18.2. The lowest BCUT2D eigenvalue weighted by molar-refractivity contribution is -0.139. The number of imide groups is 1. The lowest BCUT2D eigenvalue weighted by Crippen LogP contribution is -2.27. The number of anilines is 1. The van der Waals surface area contributed by atoms with Crippen LogP contribution in [0.3, 0.4) is 0 Å². The molecule has 1 saturated heterocycles. The third kappa shape index (κ3) is 3.97. The van der Waals surface area contributed by atoms with Gasteiger partial charge in [-0.1, -0.05) is 24.3 Å². The summed E-state index contributed by atoms with van der Waals surface area (Å²) in [6, 6.07) is 13.7. The van der Waals surface area contributed by atoms with Crippen LogP contribution in [0.15, 0.2) is 57.9 Å². The van der Waals surface area contributed by atoms with E-state index in [9.17, 15) is 14.4 Å². The topological polar surface area (TPSA) is 83.9 Å². The van der Waals surface area contributed by atoms with Gasteiger partial charge in [-0.15, -0.1) is 0 Å². The van der Waals surface area contributed by atoms with Gasteiger partial charge in [0.2, 0.25) is 0 Å². The van der Waals surface area contributed by atoms with E-state index in [1.807, 2.05) is 6.07 Å². The van der Waals surface area contributed by atoms with Gasteiger partial charge in [0.25, 0.3) is 11.1 Å². The maximum atomic E-state index is 12.6. The van der Waals surface area contributed by atoms with E-state index in [4.69, 9.17) is 9.84 Å². The monoisotopic (exact) mass is 433 g/mol. The van der Waals surface area contributed by atoms with Crippen molar-refractivity contribution in [1.82, 2.24) is 0 Å². The van der Waals surface area contributed by atoms with Crippen molar-refractivity contribution in [1.29, 1.82) is 0 Å². The fourth-order valence-electron chi connectivity index (χ4n) is 2.28. The highest BCUT2D eigenvalue weighted by Gasteiger charge is 2.36. The standard InChI is InChI=1S/C18H12BrNO5S/c19-13-8-11(6-7-14(13)25-10-16(21)22)9-15-17(23)20(18(24)26-15)12-4-2-1-3-5-12/h1-9H,10H2,(H,21,22)/b15-9-. The summed E-state index contributed by atoms with van der Waals surface area (Å²) in [5.74, 6) is -1.08. The van der Waals surface area contributed by atoms with Crippen LogP contribution in [0.5, 0.6) is 5.75 Å². The molecule has 1 fully saturated rings. The van der Waals surface area contributed by atoms with Gasteiger partial charge >= 0.3 is 5.97 Å². The summed E-state index contributed by atoms with van der Waals surface area (Å²) < 4.78 is 5.69. The first-order valence-corrected chi connectivity index (χ1v) is 9.04. The van der Waals surface area contributed by atoms with Crippen molar-refractivity contribution in [2.45, 2.75) is 0 Å². The van der Waals surface area contributed by atoms with Crippen LogP contribution in [0.1, 0.15) is 5.56 Å². The predicted molar refractivity (Wildman–Crippen MR) is 102 cm³/mol. The van der Waals surface area contributed by atoms with Crippen molar-refractivity contribution in [3.63, 3.8) is 0 Å². The number of rotatable bonds is 5. The molecule has 1 N–H and O–H groups in total. The van der Waals surface area contributed by atoms with Crippen LogP contribution in [0.25, 0.3) is 6.08 Å². The summed E-state index contributed by atoms with van der Waals surface area (Å²) in [4.78, 5) is 36.8. The third-order valence-corrected chi connectivity index (χ3v) is 4.90. The molecule has 1 aliphatic rings. The lowest BCUT2D eigenvalue weighted by atomic mass is 10.2. The second kappa shape index (κ2) is 7.76. The van der Waals surface area contributed by atoms with Crippen LogP contribution in [0, 0.1) is 0 Å². The Labute approximate surface area is 161 Å². The Morgan fingerprint density at radius 3 is 2.58 bits per heavy atom. The Kier molecular flexibility index (Phi) is 5.43. The number of hydrogen-bond donors (Lipinski definition) is 1. The molecule has 3 rings (SSSR count). The molecular weight excluding hydrogens is 422 g/mol. The van der Waals surface area contributed by atoms with Crippen LogP contribution < -0.4 is 9.64 Å². The summed E-state index contributed by atoms with van der Waals surface area (Å²) in [5, 5.41) is 8.30. The van der Waals surface area contributed by atoms with Gasteiger partial charge in [0.15, 0.2) is 6.61 Å². The quantitative estimate of drug-likeness (QED) is 0.712. The number of carbonyl (C=O) groups is 3. The average molecular weight is 434 g/mol. The normalized spacial score (nSPS) is 15.6. The minimum atomic E-state index is -1.07. The molecule has 6 nitrogen and oxygen atoms in total. The molecule has 132 valence electrons. The second-order valence-electron chi connectivity index (χ2n) is 5.22. The summed E-state index contributed by atoms with van der Waals surface area (Å²) in [5.41, 5.74) is 1.20.